The lowest BCUT2D eigenvalue weighted by molar-refractivity contribution is 0.882. The van der Waals surface area contributed by atoms with E-state index in [4.69, 9.17) is 16.6 Å². The second-order valence-electron chi connectivity index (χ2n) is 5.06. The fourth-order valence-corrected chi connectivity index (χ4v) is 2.69. The predicted octanol–water partition coefficient (Wildman–Crippen LogP) is 4.59. The minimum Gasteiger partial charge on any atom is -0.299 e. The molecule has 4 heteroatoms. The Hall–Kier alpha value is -2.31. The first-order valence-corrected chi connectivity index (χ1v) is 7.13. The second kappa shape index (κ2) is 5.23. The summed E-state index contributed by atoms with van der Waals surface area (Å²) in [6.07, 6.45) is 0. The topological polar surface area (TPSA) is 41.1 Å². The van der Waals surface area contributed by atoms with Gasteiger partial charge in [0.2, 0.25) is 0 Å². The summed E-state index contributed by atoms with van der Waals surface area (Å²) in [7, 11) is 0. The Morgan fingerprint density at radius 1 is 1.19 bits per heavy atom. The van der Waals surface area contributed by atoms with Crippen molar-refractivity contribution in [3.05, 3.63) is 58.9 Å². The highest BCUT2D eigenvalue weighted by molar-refractivity contribution is 6.30. The van der Waals surface area contributed by atoms with E-state index < -0.39 is 0 Å². The van der Waals surface area contributed by atoms with E-state index in [9.17, 15) is 5.26 Å². The molecule has 1 unspecified atom stereocenters. The van der Waals surface area contributed by atoms with Gasteiger partial charge < -0.3 is 0 Å². The minimum absolute atomic E-state index is 0.244. The summed E-state index contributed by atoms with van der Waals surface area (Å²) in [5, 5.41) is 10.0. The molecule has 1 atom stereocenters. The molecule has 3 rings (SSSR count). The van der Waals surface area contributed by atoms with Crippen molar-refractivity contribution in [2.24, 2.45) is 0 Å². The van der Waals surface area contributed by atoms with Gasteiger partial charge in [-0.1, -0.05) is 29.8 Å². The fraction of sp³-hybridized carbons (Fsp3) is 0.176. The molecule has 0 radical (unpaired) electrons. The SMILES string of the molecule is Cc1cccc2nc(-c3ccc(Cl)cc3)c(C(C)C#N)n12. The molecule has 0 aliphatic rings. The summed E-state index contributed by atoms with van der Waals surface area (Å²) in [6.45, 7) is 3.92. The van der Waals surface area contributed by atoms with Crippen LogP contribution in [-0.2, 0) is 0 Å². The minimum atomic E-state index is -0.244. The van der Waals surface area contributed by atoms with E-state index in [2.05, 4.69) is 10.5 Å². The van der Waals surface area contributed by atoms with Crippen molar-refractivity contribution in [2.75, 3.05) is 0 Å². The monoisotopic (exact) mass is 295 g/mol. The highest BCUT2D eigenvalue weighted by Gasteiger charge is 2.20. The number of fused-ring (bicyclic) bond motifs is 1. The Morgan fingerprint density at radius 2 is 1.90 bits per heavy atom. The Labute approximate surface area is 128 Å². The van der Waals surface area contributed by atoms with Crippen LogP contribution in [0.1, 0.15) is 24.2 Å². The average Bonchev–Trinajstić information content (AvgIpc) is 2.88. The summed E-state index contributed by atoms with van der Waals surface area (Å²) in [5.74, 6) is -0.244. The number of halogens is 1. The molecule has 3 nitrogen and oxygen atoms in total. The molecule has 3 aromatic rings. The molecule has 21 heavy (non-hydrogen) atoms. The number of aryl methyl sites for hydroxylation is 1. The van der Waals surface area contributed by atoms with Gasteiger partial charge in [0.15, 0.2) is 0 Å². The number of nitriles is 1. The molecular formula is C17H14ClN3. The molecule has 0 fully saturated rings. The van der Waals surface area contributed by atoms with Gasteiger partial charge in [0, 0.05) is 16.3 Å². The van der Waals surface area contributed by atoms with Crippen LogP contribution in [0.2, 0.25) is 5.02 Å². The molecule has 0 saturated carbocycles. The molecule has 0 bridgehead atoms. The molecule has 0 aliphatic heterocycles. The van der Waals surface area contributed by atoms with Crippen molar-refractivity contribution in [1.29, 1.82) is 5.26 Å². The highest BCUT2D eigenvalue weighted by atomic mass is 35.5. The molecule has 104 valence electrons. The van der Waals surface area contributed by atoms with Gasteiger partial charge in [-0.2, -0.15) is 5.26 Å². The fourth-order valence-electron chi connectivity index (χ4n) is 2.56. The van der Waals surface area contributed by atoms with Crippen LogP contribution >= 0.6 is 11.6 Å². The number of hydrogen-bond donors (Lipinski definition) is 0. The van der Waals surface area contributed by atoms with E-state index in [0.717, 1.165) is 28.3 Å². The number of nitrogens with zero attached hydrogens (tertiary/aromatic N) is 3. The van der Waals surface area contributed by atoms with E-state index >= 15 is 0 Å². The Balaban J connectivity index is 2.34. The number of imidazole rings is 1. The standard InChI is InChI=1S/C17H14ClN3/c1-11(10-19)17-16(13-6-8-14(18)9-7-13)20-15-5-3-4-12(2)21(15)17/h3-9,11H,1-2H3. The molecule has 0 N–H and O–H groups in total. The smallest absolute Gasteiger partial charge is 0.137 e. The van der Waals surface area contributed by atoms with Crippen molar-refractivity contribution < 1.29 is 0 Å². The molecule has 0 spiro atoms. The zero-order valence-electron chi connectivity index (χ0n) is 11.8. The van der Waals surface area contributed by atoms with Gasteiger partial charge in [0.05, 0.1) is 23.4 Å². The van der Waals surface area contributed by atoms with E-state index in [0.29, 0.717) is 5.02 Å². The maximum absolute atomic E-state index is 9.36. The maximum atomic E-state index is 9.36. The lowest BCUT2D eigenvalue weighted by Crippen LogP contribution is -2.01. The summed E-state index contributed by atoms with van der Waals surface area (Å²) >= 11 is 5.95. The quantitative estimate of drug-likeness (QED) is 0.694. The zero-order chi connectivity index (χ0) is 15.0. The average molecular weight is 296 g/mol. The van der Waals surface area contributed by atoms with Gasteiger partial charge in [-0.05, 0) is 38.1 Å². The van der Waals surface area contributed by atoms with Gasteiger partial charge >= 0.3 is 0 Å². The van der Waals surface area contributed by atoms with Crippen molar-refractivity contribution in [1.82, 2.24) is 9.38 Å². The summed E-state index contributed by atoms with van der Waals surface area (Å²) in [6, 6.07) is 15.8. The molecule has 0 saturated heterocycles. The second-order valence-corrected chi connectivity index (χ2v) is 5.50. The van der Waals surface area contributed by atoms with Crippen LogP contribution in [0.5, 0.6) is 0 Å². The summed E-state index contributed by atoms with van der Waals surface area (Å²) < 4.78 is 2.05. The van der Waals surface area contributed by atoms with Crippen LogP contribution in [0, 0.1) is 18.3 Å². The molecular weight excluding hydrogens is 282 g/mol. The number of rotatable bonds is 2. The first-order chi connectivity index (χ1) is 10.1. The highest BCUT2D eigenvalue weighted by Crippen LogP contribution is 2.31. The maximum Gasteiger partial charge on any atom is 0.137 e. The third-order valence-corrected chi connectivity index (χ3v) is 3.85. The molecule has 2 aromatic heterocycles. The van der Waals surface area contributed by atoms with Crippen LogP contribution in [0.25, 0.3) is 16.9 Å². The first-order valence-electron chi connectivity index (χ1n) is 6.75. The lowest BCUT2D eigenvalue weighted by Gasteiger charge is -2.09. The van der Waals surface area contributed by atoms with Crippen molar-refractivity contribution in [2.45, 2.75) is 19.8 Å². The van der Waals surface area contributed by atoms with Gasteiger partial charge in [-0.25, -0.2) is 4.98 Å². The van der Waals surface area contributed by atoms with Crippen LogP contribution < -0.4 is 0 Å². The van der Waals surface area contributed by atoms with Crippen LogP contribution in [-0.4, -0.2) is 9.38 Å². The third kappa shape index (κ3) is 2.28. The van der Waals surface area contributed by atoms with Crippen LogP contribution in [0.3, 0.4) is 0 Å². The van der Waals surface area contributed by atoms with E-state index in [-0.39, 0.29) is 5.92 Å². The van der Waals surface area contributed by atoms with Gasteiger partial charge in [-0.15, -0.1) is 0 Å². The number of benzene rings is 1. The van der Waals surface area contributed by atoms with E-state index in [1.165, 1.54) is 0 Å². The summed E-state index contributed by atoms with van der Waals surface area (Å²) in [5.41, 5.74) is 4.66. The zero-order valence-corrected chi connectivity index (χ0v) is 12.6. The summed E-state index contributed by atoms with van der Waals surface area (Å²) in [4.78, 5) is 4.71. The first kappa shape index (κ1) is 13.7. The number of aromatic nitrogens is 2. The van der Waals surface area contributed by atoms with Crippen molar-refractivity contribution in [3.63, 3.8) is 0 Å². The van der Waals surface area contributed by atoms with Crippen molar-refractivity contribution in [3.8, 4) is 17.3 Å². The molecule has 0 aliphatic carbocycles. The molecule has 1 aromatic carbocycles. The van der Waals surface area contributed by atoms with E-state index in [1.54, 1.807) is 0 Å². The largest absolute Gasteiger partial charge is 0.299 e. The normalized spacial score (nSPS) is 12.3. The van der Waals surface area contributed by atoms with E-state index in [1.807, 2.05) is 56.3 Å². The van der Waals surface area contributed by atoms with Gasteiger partial charge in [0.25, 0.3) is 0 Å². The predicted molar refractivity (Wildman–Crippen MR) is 84.4 cm³/mol. The van der Waals surface area contributed by atoms with Gasteiger partial charge in [0.1, 0.15) is 5.65 Å². The third-order valence-electron chi connectivity index (χ3n) is 3.60. The van der Waals surface area contributed by atoms with Crippen LogP contribution in [0.15, 0.2) is 42.5 Å². The molecule has 0 amide bonds. The van der Waals surface area contributed by atoms with Crippen LogP contribution in [0.4, 0.5) is 0 Å². The Kier molecular flexibility index (Phi) is 3.40. The lowest BCUT2D eigenvalue weighted by atomic mass is 10.0. The Bertz CT molecular complexity index is 841. The number of pyridine rings is 1. The molecule has 2 heterocycles. The van der Waals surface area contributed by atoms with Crippen molar-refractivity contribution >= 4 is 17.2 Å². The van der Waals surface area contributed by atoms with Gasteiger partial charge in [-0.3, -0.25) is 4.40 Å². The number of hydrogen-bond acceptors (Lipinski definition) is 2. The Morgan fingerprint density at radius 3 is 2.57 bits per heavy atom.